The van der Waals surface area contributed by atoms with E-state index in [0.29, 0.717) is 12.6 Å². The van der Waals surface area contributed by atoms with E-state index in [1.165, 1.54) is 31.2 Å². The normalized spacial score (nSPS) is 22.1. The van der Waals surface area contributed by atoms with Crippen molar-refractivity contribution in [2.45, 2.75) is 44.6 Å². The number of benzene rings is 1. The van der Waals surface area contributed by atoms with Gasteiger partial charge in [0.25, 0.3) is 0 Å². The Hall–Kier alpha value is -0.860. The number of nitrogens with zero attached hydrogens (tertiary/aromatic N) is 1. The monoisotopic (exact) mass is 259 g/mol. The SMILES string of the molecule is CN(C)C(c1ccc2c(c1)CCCC2)C1(CO)CC1. The molecule has 2 heteroatoms. The Morgan fingerprint density at radius 2 is 1.84 bits per heavy atom. The van der Waals surface area contributed by atoms with Gasteiger partial charge < -0.3 is 10.0 Å². The van der Waals surface area contributed by atoms with Gasteiger partial charge in [0.15, 0.2) is 0 Å². The smallest absolute Gasteiger partial charge is 0.0505 e. The second-order valence-corrected chi connectivity index (χ2v) is 6.62. The predicted octanol–water partition coefficient (Wildman–Crippen LogP) is 2.94. The Kier molecular flexibility index (Phi) is 3.40. The Balaban J connectivity index is 1.95. The van der Waals surface area contributed by atoms with Crippen LogP contribution < -0.4 is 0 Å². The second kappa shape index (κ2) is 4.92. The summed E-state index contributed by atoms with van der Waals surface area (Å²) in [6.07, 6.45) is 7.45. The van der Waals surface area contributed by atoms with Crippen LogP contribution in [0.4, 0.5) is 0 Å². The number of aryl methyl sites for hydroxylation is 2. The fourth-order valence-corrected chi connectivity index (χ4v) is 3.80. The molecule has 1 fully saturated rings. The van der Waals surface area contributed by atoms with E-state index >= 15 is 0 Å². The quantitative estimate of drug-likeness (QED) is 0.898. The van der Waals surface area contributed by atoms with Gasteiger partial charge in [-0.1, -0.05) is 18.2 Å². The van der Waals surface area contributed by atoms with Gasteiger partial charge >= 0.3 is 0 Å². The maximum absolute atomic E-state index is 9.75. The minimum absolute atomic E-state index is 0.117. The topological polar surface area (TPSA) is 23.5 Å². The van der Waals surface area contributed by atoms with Crippen LogP contribution in [0.2, 0.25) is 0 Å². The highest BCUT2D eigenvalue weighted by atomic mass is 16.3. The molecule has 0 saturated heterocycles. The molecule has 1 unspecified atom stereocenters. The molecule has 0 radical (unpaired) electrons. The second-order valence-electron chi connectivity index (χ2n) is 6.62. The summed E-state index contributed by atoms with van der Waals surface area (Å²) in [5.74, 6) is 0. The van der Waals surface area contributed by atoms with E-state index in [9.17, 15) is 5.11 Å². The predicted molar refractivity (Wildman–Crippen MR) is 78.3 cm³/mol. The molecule has 104 valence electrons. The Morgan fingerprint density at radius 1 is 1.16 bits per heavy atom. The van der Waals surface area contributed by atoms with Crippen molar-refractivity contribution in [2.24, 2.45) is 5.41 Å². The van der Waals surface area contributed by atoms with E-state index < -0.39 is 0 Å². The molecule has 3 rings (SSSR count). The van der Waals surface area contributed by atoms with Crippen molar-refractivity contribution in [3.63, 3.8) is 0 Å². The van der Waals surface area contributed by atoms with Crippen LogP contribution in [0, 0.1) is 5.41 Å². The number of rotatable bonds is 4. The number of aliphatic hydroxyl groups is 1. The first kappa shape index (κ1) is 13.1. The standard InChI is InChI=1S/C17H25NO/c1-18(2)16(17(12-19)9-10-17)15-8-7-13-5-3-4-6-14(13)11-15/h7-8,11,16,19H,3-6,9-10,12H2,1-2H3. The summed E-state index contributed by atoms with van der Waals surface area (Å²) in [6, 6.07) is 7.40. The zero-order valence-corrected chi connectivity index (χ0v) is 12.2. The van der Waals surface area contributed by atoms with Crippen LogP contribution in [-0.4, -0.2) is 30.7 Å². The molecule has 1 saturated carbocycles. The van der Waals surface area contributed by atoms with Crippen molar-refractivity contribution in [2.75, 3.05) is 20.7 Å². The lowest BCUT2D eigenvalue weighted by Gasteiger charge is -2.33. The van der Waals surface area contributed by atoms with Gasteiger partial charge in [0, 0.05) is 11.5 Å². The molecule has 2 nitrogen and oxygen atoms in total. The number of hydrogen-bond donors (Lipinski definition) is 1. The van der Waals surface area contributed by atoms with Crippen molar-refractivity contribution in [1.29, 1.82) is 0 Å². The number of fused-ring (bicyclic) bond motifs is 1. The molecular formula is C17H25NO. The Labute approximate surface area is 116 Å². The first-order valence-corrected chi connectivity index (χ1v) is 7.55. The van der Waals surface area contributed by atoms with E-state index in [0.717, 1.165) is 12.8 Å². The van der Waals surface area contributed by atoms with E-state index in [-0.39, 0.29) is 5.41 Å². The molecule has 0 aromatic heterocycles. The maximum Gasteiger partial charge on any atom is 0.0505 e. The summed E-state index contributed by atoms with van der Waals surface area (Å²) < 4.78 is 0. The lowest BCUT2D eigenvalue weighted by molar-refractivity contribution is 0.115. The third-order valence-electron chi connectivity index (χ3n) is 4.99. The average molecular weight is 259 g/mol. The molecule has 0 bridgehead atoms. The third kappa shape index (κ3) is 2.32. The first-order valence-electron chi connectivity index (χ1n) is 7.55. The number of aliphatic hydroxyl groups excluding tert-OH is 1. The van der Waals surface area contributed by atoms with Crippen molar-refractivity contribution in [3.05, 3.63) is 34.9 Å². The largest absolute Gasteiger partial charge is 0.396 e. The molecule has 1 N–H and O–H groups in total. The van der Waals surface area contributed by atoms with Gasteiger partial charge in [-0.25, -0.2) is 0 Å². The summed E-state index contributed by atoms with van der Waals surface area (Å²) in [5, 5.41) is 9.75. The van der Waals surface area contributed by atoms with Crippen molar-refractivity contribution >= 4 is 0 Å². The van der Waals surface area contributed by atoms with Crippen LogP contribution in [0.1, 0.15) is 48.4 Å². The molecule has 2 aliphatic carbocycles. The maximum atomic E-state index is 9.75. The van der Waals surface area contributed by atoms with E-state index in [1.807, 2.05) is 0 Å². The molecule has 0 spiro atoms. The van der Waals surface area contributed by atoms with Gasteiger partial charge in [-0.2, -0.15) is 0 Å². The minimum atomic E-state index is 0.117. The van der Waals surface area contributed by atoms with Gasteiger partial charge in [-0.15, -0.1) is 0 Å². The molecule has 1 atom stereocenters. The fourth-order valence-electron chi connectivity index (χ4n) is 3.80. The highest BCUT2D eigenvalue weighted by molar-refractivity contribution is 5.36. The Bertz CT molecular complexity index is 462. The van der Waals surface area contributed by atoms with Crippen LogP contribution in [0.3, 0.4) is 0 Å². The third-order valence-corrected chi connectivity index (χ3v) is 4.99. The van der Waals surface area contributed by atoms with Crippen LogP contribution in [-0.2, 0) is 12.8 Å². The van der Waals surface area contributed by atoms with Gasteiger partial charge in [0.1, 0.15) is 0 Å². The zero-order chi connectivity index (χ0) is 13.5. The van der Waals surface area contributed by atoms with E-state index in [1.54, 1.807) is 11.1 Å². The molecule has 19 heavy (non-hydrogen) atoms. The van der Waals surface area contributed by atoms with Gasteiger partial charge in [-0.05, 0) is 69.3 Å². The summed E-state index contributed by atoms with van der Waals surface area (Å²) in [6.45, 7) is 0.312. The molecule has 1 aromatic carbocycles. The lowest BCUT2D eigenvalue weighted by atomic mass is 9.84. The minimum Gasteiger partial charge on any atom is -0.396 e. The lowest BCUT2D eigenvalue weighted by Crippen LogP contribution is -2.31. The van der Waals surface area contributed by atoms with Crippen LogP contribution in [0.25, 0.3) is 0 Å². The first-order chi connectivity index (χ1) is 9.16. The van der Waals surface area contributed by atoms with Crippen molar-refractivity contribution < 1.29 is 5.11 Å². The van der Waals surface area contributed by atoms with Crippen LogP contribution in [0.15, 0.2) is 18.2 Å². The average Bonchev–Trinajstić information content (AvgIpc) is 3.19. The summed E-state index contributed by atoms with van der Waals surface area (Å²) in [5.41, 5.74) is 4.61. The zero-order valence-electron chi connectivity index (χ0n) is 12.2. The highest BCUT2D eigenvalue weighted by Crippen LogP contribution is 2.56. The van der Waals surface area contributed by atoms with Gasteiger partial charge in [-0.3, -0.25) is 0 Å². The molecule has 0 aliphatic heterocycles. The molecule has 0 amide bonds. The van der Waals surface area contributed by atoms with E-state index in [2.05, 4.69) is 37.2 Å². The van der Waals surface area contributed by atoms with Gasteiger partial charge in [0.2, 0.25) is 0 Å². The molecule has 0 heterocycles. The molecular weight excluding hydrogens is 234 g/mol. The summed E-state index contributed by atoms with van der Waals surface area (Å²) in [7, 11) is 4.28. The number of hydrogen-bond acceptors (Lipinski definition) is 2. The van der Waals surface area contributed by atoms with Crippen LogP contribution in [0.5, 0.6) is 0 Å². The Morgan fingerprint density at radius 3 is 2.42 bits per heavy atom. The van der Waals surface area contributed by atoms with Crippen molar-refractivity contribution in [1.82, 2.24) is 4.90 Å². The summed E-state index contributed by atoms with van der Waals surface area (Å²) >= 11 is 0. The van der Waals surface area contributed by atoms with Gasteiger partial charge in [0.05, 0.1) is 6.61 Å². The highest BCUT2D eigenvalue weighted by Gasteiger charge is 2.50. The van der Waals surface area contributed by atoms with E-state index in [4.69, 9.17) is 0 Å². The molecule has 1 aromatic rings. The fraction of sp³-hybridized carbons (Fsp3) is 0.647. The van der Waals surface area contributed by atoms with Crippen molar-refractivity contribution in [3.8, 4) is 0 Å². The molecule has 2 aliphatic rings. The summed E-state index contributed by atoms with van der Waals surface area (Å²) in [4.78, 5) is 2.29. The van der Waals surface area contributed by atoms with Crippen LogP contribution >= 0.6 is 0 Å².